The van der Waals surface area contributed by atoms with Gasteiger partial charge in [0.1, 0.15) is 12.3 Å². The Morgan fingerprint density at radius 1 is 1.12 bits per heavy atom. The zero-order valence-electron chi connectivity index (χ0n) is 8.84. The van der Waals surface area contributed by atoms with Crippen molar-refractivity contribution < 1.29 is 15.0 Å². The predicted molar refractivity (Wildman–Crippen MR) is 59.7 cm³/mol. The maximum absolute atomic E-state index is 10.5. The van der Waals surface area contributed by atoms with E-state index >= 15 is 0 Å². The van der Waals surface area contributed by atoms with Crippen LogP contribution >= 0.6 is 0 Å². The summed E-state index contributed by atoms with van der Waals surface area (Å²) in [6, 6.07) is 6.31. The topological polar surface area (TPSA) is 110 Å². The van der Waals surface area contributed by atoms with Crippen LogP contribution in [-0.2, 0) is 17.6 Å². The van der Waals surface area contributed by atoms with Crippen molar-refractivity contribution in [2.75, 3.05) is 0 Å². The summed E-state index contributed by atoms with van der Waals surface area (Å²) in [5.41, 5.74) is 12.4. The number of hydrogen-bond acceptors (Lipinski definition) is 4. The molecule has 0 aliphatic carbocycles. The number of aliphatic carboxylic acids is 1. The van der Waals surface area contributed by atoms with Gasteiger partial charge in [-0.05, 0) is 17.5 Å². The van der Waals surface area contributed by atoms with Crippen LogP contribution in [-0.4, -0.2) is 28.5 Å². The molecule has 6 N–H and O–H groups in total. The van der Waals surface area contributed by atoms with Gasteiger partial charge in [-0.15, -0.1) is 0 Å². The third-order valence-electron chi connectivity index (χ3n) is 2.24. The fourth-order valence-corrected chi connectivity index (χ4v) is 1.39. The molecule has 5 heteroatoms. The summed E-state index contributed by atoms with van der Waals surface area (Å²) in [4.78, 5) is 10.5. The van der Waals surface area contributed by atoms with E-state index in [2.05, 4.69) is 0 Å². The first kappa shape index (κ1) is 12.6. The van der Waals surface area contributed by atoms with Crippen molar-refractivity contribution in [1.29, 1.82) is 0 Å². The molecule has 2 atom stereocenters. The van der Waals surface area contributed by atoms with E-state index in [1.54, 1.807) is 24.3 Å². The van der Waals surface area contributed by atoms with E-state index < -0.39 is 18.2 Å². The molecule has 0 heterocycles. The number of rotatable bonds is 5. The number of carboxylic acid groups (broad SMARTS) is 1. The van der Waals surface area contributed by atoms with Gasteiger partial charge in [-0.1, -0.05) is 24.3 Å². The van der Waals surface area contributed by atoms with E-state index in [1.165, 1.54) is 0 Å². The zero-order valence-corrected chi connectivity index (χ0v) is 8.84. The summed E-state index contributed by atoms with van der Waals surface area (Å²) in [7, 11) is 0. The minimum absolute atomic E-state index is 0.292. The van der Waals surface area contributed by atoms with Gasteiger partial charge in [0.15, 0.2) is 0 Å². The number of carboxylic acids is 1. The van der Waals surface area contributed by atoms with E-state index in [1.807, 2.05) is 0 Å². The highest BCUT2D eigenvalue weighted by molar-refractivity contribution is 5.73. The van der Waals surface area contributed by atoms with Crippen LogP contribution in [0.4, 0.5) is 0 Å². The van der Waals surface area contributed by atoms with Crippen LogP contribution in [0.15, 0.2) is 24.3 Å². The molecule has 0 saturated heterocycles. The predicted octanol–water partition coefficient (Wildman–Crippen LogP) is -0.539. The molecule has 0 saturated carbocycles. The van der Waals surface area contributed by atoms with Gasteiger partial charge < -0.3 is 21.7 Å². The molecule has 1 rings (SSSR count). The molecule has 88 valence electrons. The zero-order chi connectivity index (χ0) is 12.1. The lowest BCUT2D eigenvalue weighted by molar-refractivity contribution is -0.138. The van der Waals surface area contributed by atoms with E-state index in [9.17, 15) is 4.79 Å². The summed E-state index contributed by atoms with van der Waals surface area (Å²) in [6.45, 7) is 0. The lowest BCUT2D eigenvalue weighted by atomic mass is 10.0. The molecule has 0 aliphatic heterocycles. The second kappa shape index (κ2) is 5.60. The summed E-state index contributed by atoms with van der Waals surface area (Å²) in [6.07, 6.45) is -0.196. The highest BCUT2D eigenvalue weighted by atomic mass is 16.4. The molecule has 0 aliphatic rings. The summed E-state index contributed by atoms with van der Waals surface area (Å²) >= 11 is 0. The first-order chi connectivity index (χ1) is 7.49. The first-order valence-corrected chi connectivity index (χ1v) is 4.99. The Labute approximate surface area is 93.7 Å². The molecule has 1 unspecified atom stereocenters. The van der Waals surface area contributed by atoms with Crippen LogP contribution in [0.5, 0.6) is 0 Å². The van der Waals surface area contributed by atoms with Crippen LogP contribution in [0, 0.1) is 0 Å². The fourth-order valence-electron chi connectivity index (χ4n) is 1.39. The Bertz CT molecular complexity index is 349. The number of benzene rings is 1. The van der Waals surface area contributed by atoms with Crippen molar-refractivity contribution in [3.63, 3.8) is 0 Å². The van der Waals surface area contributed by atoms with Gasteiger partial charge in [0.25, 0.3) is 0 Å². The average molecular weight is 224 g/mol. The number of carbonyl (C=O) groups is 1. The summed E-state index contributed by atoms with van der Waals surface area (Å²) in [5.74, 6) is -1.01. The van der Waals surface area contributed by atoms with Gasteiger partial charge in [-0.2, -0.15) is 0 Å². The first-order valence-electron chi connectivity index (χ1n) is 4.99. The lowest BCUT2D eigenvalue weighted by Gasteiger charge is -2.08. The van der Waals surface area contributed by atoms with Crippen LogP contribution in [0.1, 0.15) is 11.1 Å². The van der Waals surface area contributed by atoms with Crippen LogP contribution in [0.2, 0.25) is 0 Å². The Balaban J connectivity index is 2.61. The van der Waals surface area contributed by atoms with Crippen LogP contribution < -0.4 is 11.5 Å². The summed E-state index contributed by atoms with van der Waals surface area (Å²) < 4.78 is 0. The molecule has 0 fully saturated rings. The number of hydrogen-bond donors (Lipinski definition) is 4. The van der Waals surface area contributed by atoms with E-state index in [0.717, 1.165) is 11.1 Å². The lowest BCUT2D eigenvalue weighted by Crippen LogP contribution is -2.32. The standard InChI is InChI=1S/C11H16N2O3/c12-9(11(15)16)5-7-1-3-8(4-2-7)6-10(13)14/h1-4,9-10,14H,5-6,12-13H2,(H,15,16)/t9-,10?/m0/s1. The van der Waals surface area contributed by atoms with E-state index in [0.29, 0.717) is 12.8 Å². The Morgan fingerprint density at radius 2 is 1.56 bits per heavy atom. The minimum atomic E-state index is -1.01. The van der Waals surface area contributed by atoms with Crippen molar-refractivity contribution in [2.45, 2.75) is 25.1 Å². The third-order valence-corrected chi connectivity index (χ3v) is 2.24. The Hall–Kier alpha value is -1.43. The summed E-state index contributed by atoms with van der Waals surface area (Å²) in [5, 5.41) is 17.6. The van der Waals surface area contributed by atoms with E-state index in [4.69, 9.17) is 21.7 Å². The maximum Gasteiger partial charge on any atom is 0.320 e. The Morgan fingerprint density at radius 3 is 1.94 bits per heavy atom. The second-order valence-electron chi connectivity index (χ2n) is 3.74. The number of aliphatic hydroxyl groups is 1. The largest absolute Gasteiger partial charge is 0.480 e. The highest BCUT2D eigenvalue weighted by Gasteiger charge is 2.11. The molecule has 0 bridgehead atoms. The van der Waals surface area contributed by atoms with Gasteiger partial charge in [-0.25, -0.2) is 0 Å². The van der Waals surface area contributed by atoms with Gasteiger partial charge in [0.2, 0.25) is 0 Å². The second-order valence-corrected chi connectivity index (χ2v) is 3.74. The quantitative estimate of drug-likeness (QED) is 0.502. The molecule has 0 radical (unpaired) electrons. The van der Waals surface area contributed by atoms with E-state index in [-0.39, 0.29) is 0 Å². The molecule has 16 heavy (non-hydrogen) atoms. The molecule has 0 aromatic heterocycles. The van der Waals surface area contributed by atoms with Crippen molar-refractivity contribution >= 4 is 5.97 Å². The molecule has 1 aromatic rings. The van der Waals surface area contributed by atoms with Crippen molar-refractivity contribution in [1.82, 2.24) is 0 Å². The molecular formula is C11H16N2O3. The van der Waals surface area contributed by atoms with Crippen molar-refractivity contribution in [2.24, 2.45) is 11.5 Å². The molecule has 5 nitrogen and oxygen atoms in total. The van der Waals surface area contributed by atoms with Gasteiger partial charge >= 0.3 is 5.97 Å². The number of aliphatic hydroxyl groups excluding tert-OH is 1. The molecule has 0 amide bonds. The highest BCUT2D eigenvalue weighted by Crippen LogP contribution is 2.07. The smallest absolute Gasteiger partial charge is 0.320 e. The van der Waals surface area contributed by atoms with Crippen LogP contribution in [0.3, 0.4) is 0 Å². The monoisotopic (exact) mass is 224 g/mol. The van der Waals surface area contributed by atoms with Gasteiger partial charge in [0, 0.05) is 6.42 Å². The van der Waals surface area contributed by atoms with Crippen molar-refractivity contribution in [3.8, 4) is 0 Å². The third kappa shape index (κ3) is 3.98. The molecule has 1 aromatic carbocycles. The fraction of sp³-hybridized carbons (Fsp3) is 0.364. The molecular weight excluding hydrogens is 208 g/mol. The minimum Gasteiger partial charge on any atom is -0.480 e. The molecule has 0 spiro atoms. The van der Waals surface area contributed by atoms with Gasteiger partial charge in [-0.3, -0.25) is 4.79 Å². The number of nitrogens with two attached hydrogens (primary N) is 2. The van der Waals surface area contributed by atoms with Gasteiger partial charge in [0.05, 0.1) is 0 Å². The normalized spacial score (nSPS) is 14.4. The Kier molecular flexibility index (Phi) is 4.42. The maximum atomic E-state index is 10.5. The SMILES string of the molecule is NC(O)Cc1ccc(C[C@H](N)C(=O)O)cc1. The average Bonchev–Trinajstić information content (AvgIpc) is 2.20. The van der Waals surface area contributed by atoms with Crippen LogP contribution in [0.25, 0.3) is 0 Å². The van der Waals surface area contributed by atoms with Crippen molar-refractivity contribution in [3.05, 3.63) is 35.4 Å².